The molecule has 0 atom stereocenters. The van der Waals surface area contributed by atoms with Crippen LogP contribution < -0.4 is 0 Å². The quantitative estimate of drug-likeness (QED) is 0.681. The van der Waals surface area contributed by atoms with Crippen LogP contribution in [0.4, 0.5) is 4.39 Å². The van der Waals surface area contributed by atoms with Gasteiger partial charge in [-0.1, -0.05) is 0 Å². The van der Waals surface area contributed by atoms with Crippen LogP contribution in [0.5, 0.6) is 0 Å². The number of hydrogen-bond donors (Lipinski definition) is 1. The maximum atomic E-state index is 14.7. The Bertz CT molecular complexity index is 623. The molecular formula is C15H22BFN2O4. The van der Waals surface area contributed by atoms with Gasteiger partial charge in [0.05, 0.1) is 23.5 Å². The van der Waals surface area contributed by atoms with E-state index >= 15 is 0 Å². The van der Waals surface area contributed by atoms with Crippen molar-refractivity contribution in [3.63, 3.8) is 0 Å². The van der Waals surface area contributed by atoms with Gasteiger partial charge in [0, 0.05) is 5.57 Å². The second kappa shape index (κ2) is 6.09. The number of carbonyl (C=O) groups is 1. The Morgan fingerprint density at radius 2 is 1.91 bits per heavy atom. The number of nitrogens with zero attached hydrogens (tertiary/aromatic N) is 1. The van der Waals surface area contributed by atoms with Gasteiger partial charge in [0.15, 0.2) is 0 Å². The van der Waals surface area contributed by atoms with Crippen LogP contribution in [0.25, 0.3) is 5.57 Å². The number of carbonyl (C=O) groups excluding carboxylic acids is 1. The molecule has 2 heterocycles. The number of ether oxygens (including phenoxy) is 1. The molecule has 0 radical (unpaired) electrons. The molecule has 1 N–H and O–H groups in total. The number of aromatic amines is 1. The van der Waals surface area contributed by atoms with E-state index in [2.05, 4.69) is 10.2 Å². The summed E-state index contributed by atoms with van der Waals surface area (Å²) in [6.45, 7) is 10.9. The number of esters is 1. The number of halogens is 1. The fourth-order valence-electron chi connectivity index (χ4n) is 2.07. The minimum atomic E-state index is -1.09. The summed E-state index contributed by atoms with van der Waals surface area (Å²) in [4.78, 5) is 11.6. The van der Waals surface area contributed by atoms with Gasteiger partial charge in [-0.2, -0.15) is 5.10 Å². The first-order chi connectivity index (χ1) is 10.6. The Morgan fingerprint density at radius 1 is 1.35 bits per heavy atom. The van der Waals surface area contributed by atoms with Crippen molar-refractivity contribution in [2.75, 3.05) is 6.61 Å². The predicted molar refractivity (Wildman–Crippen MR) is 84.3 cm³/mol. The van der Waals surface area contributed by atoms with E-state index in [0.717, 1.165) is 0 Å². The number of H-pyrrole nitrogens is 1. The summed E-state index contributed by atoms with van der Waals surface area (Å²) in [5.41, 5.74) is -1.10. The molecule has 8 heteroatoms. The average molecular weight is 324 g/mol. The van der Waals surface area contributed by atoms with Gasteiger partial charge in [0.1, 0.15) is 11.4 Å². The minimum absolute atomic E-state index is 0.169. The Morgan fingerprint density at radius 3 is 2.43 bits per heavy atom. The Hall–Kier alpha value is -1.67. The molecule has 0 saturated carbocycles. The van der Waals surface area contributed by atoms with Gasteiger partial charge in [0.25, 0.3) is 0 Å². The van der Waals surface area contributed by atoms with Crippen LogP contribution in [0.15, 0.2) is 11.8 Å². The van der Waals surface area contributed by atoms with Crippen molar-refractivity contribution in [2.24, 2.45) is 0 Å². The lowest BCUT2D eigenvalue weighted by molar-refractivity contribution is 0.00578. The van der Waals surface area contributed by atoms with Gasteiger partial charge in [-0.3, -0.25) is 5.10 Å². The van der Waals surface area contributed by atoms with Crippen molar-refractivity contribution in [3.8, 4) is 0 Å². The molecule has 2 rings (SSSR count). The smallest absolute Gasteiger partial charge is 0.461 e. The van der Waals surface area contributed by atoms with Crippen molar-refractivity contribution in [3.05, 3.63) is 23.2 Å². The summed E-state index contributed by atoms with van der Waals surface area (Å²) in [7, 11) is -1.09. The maximum absolute atomic E-state index is 14.7. The lowest BCUT2D eigenvalue weighted by Gasteiger charge is -2.32. The highest BCUT2D eigenvalue weighted by molar-refractivity contribution is 6.55. The van der Waals surface area contributed by atoms with E-state index in [9.17, 15) is 9.18 Å². The molecule has 0 amide bonds. The molecule has 1 aliphatic rings. The highest BCUT2D eigenvalue weighted by Gasteiger charge is 2.53. The van der Waals surface area contributed by atoms with Crippen LogP contribution in [0.3, 0.4) is 0 Å². The SMILES string of the molecule is CCOC(=O)c1cc(C(C)=C(F)B2OC(C)(C)C(C)(C)O2)n[nH]1. The highest BCUT2D eigenvalue weighted by Crippen LogP contribution is 2.40. The van der Waals surface area contributed by atoms with E-state index in [1.807, 2.05) is 27.7 Å². The second-order valence-corrected chi connectivity index (χ2v) is 6.45. The molecule has 6 nitrogen and oxygen atoms in total. The zero-order chi connectivity index (χ0) is 17.4. The topological polar surface area (TPSA) is 73.4 Å². The second-order valence-electron chi connectivity index (χ2n) is 6.45. The maximum Gasteiger partial charge on any atom is 0.525 e. The first-order valence-corrected chi connectivity index (χ1v) is 7.54. The third-order valence-electron chi connectivity index (χ3n) is 4.28. The largest absolute Gasteiger partial charge is 0.525 e. The molecule has 1 aromatic heterocycles. The normalized spacial score (nSPS) is 20.4. The van der Waals surface area contributed by atoms with Gasteiger partial charge >= 0.3 is 13.1 Å². The lowest BCUT2D eigenvalue weighted by atomic mass is 9.84. The molecule has 0 bridgehead atoms. The van der Waals surface area contributed by atoms with Crippen LogP contribution in [0.2, 0.25) is 0 Å². The minimum Gasteiger partial charge on any atom is -0.461 e. The zero-order valence-corrected chi connectivity index (χ0v) is 14.3. The van der Waals surface area contributed by atoms with Gasteiger partial charge in [-0.05, 0) is 47.6 Å². The number of aromatic nitrogens is 2. The van der Waals surface area contributed by atoms with Crippen molar-refractivity contribution in [1.82, 2.24) is 10.2 Å². The standard InChI is InChI=1S/C15H22BFN2O4/c1-7-21-13(20)11-8-10(18-19-11)9(2)12(17)16-22-14(3,4)15(5,6)23-16/h8H,7H2,1-6H3,(H,18,19). The van der Waals surface area contributed by atoms with E-state index in [1.165, 1.54) is 6.07 Å². The number of allylic oxidation sites excluding steroid dienone is 1. The van der Waals surface area contributed by atoms with Crippen molar-refractivity contribution < 1.29 is 23.2 Å². The summed E-state index contributed by atoms with van der Waals surface area (Å²) < 4.78 is 30.9. The van der Waals surface area contributed by atoms with E-state index in [4.69, 9.17) is 14.0 Å². The fourth-order valence-corrected chi connectivity index (χ4v) is 2.07. The van der Waals surface area contributed by atoms with Crippen LogP contribution in [-0.4, -0.2) is 41.1 Å². The first-order valence-electron chi connectivity index (χ1n) is 7.54. The molecule has 126 valence electrons. The first kappa shape index (κ1) is 17.7. The summed E-state index contributed by atoms with van der Waals surface area (Å²) in [6, 6.07) is 1.44. The highest BCUT2D eigenvalue weighted by atomic mass is 19.1. The van der Waals surface area contributed by atoms with E-state index in [1.54, 1.807) is 13.8 Å². The van der Waals surface area contributed by atoms with Crippen molar-refractivity contribution >= 4 is 18.7 Å². The van der Waals surface area contributed by atoms with Gasteiger partial charge in [0.2, 0.25) is 0 Å². The summed E-state index contributed by atoms with van der Waals surface area (Å²) >= 11 is 0. The Labute approximate surface area is 135 Å². The molecule has 1 aromatic rings. The fraction of sp³-hybridized carbons (Fsp3) is 0.600. The van der Waals surface area contributed by atoms with Crippen LogP contribution in [0.1, 0.15) is 57.7 Å². The Balaban J connectivity index is 2.23. The van der Waals surface area contributed by atoms with Gasteiger partial charge in [-0.15, -0.1) is 0 Å². The molecule has 23 heavy (non-hydrogen) atoms. The van der Waals surface area contributed by atoms with Gasteiger partial charge < -0.3 is 14.0 Å². The van der Waals surface area contributed by atoms with E-state index in [0.29, 0.717) is 5.69 Å². The summed E-state index contributed by atoms with van der Waals surface area (Å²) in [6.07, 6.45) is 0. The van der Waals surface area contributed by atoms with Crippen LogP contribution in [0, 0.1) is 0 Å². The van der Waals surface area contributed by atoms with Crippen molar-refractivity contribution in [1.29, 1.82) is 0 Å². The van der Waals surface area contributed by atoms with Crippen LogP contribution >= 0.6 is 0 Å². The third-order valence-corrected chi connectivity index (χ3v) is 4.28. The number of rotatable bonds is 4. The lowest BCUT2D eigenvalue weighted by Crippen LogP contribution is -2.41. The Kier molecular flexibility index (Phi) is 4.68. The molecule has 1 fully saturated rings. The third kappa shape index (κ3) is 3.33. The number of hydrogen-bond acceptors (Lipinski definition) is 5. The van der Waals surface area contributed by atoms with Crippen molar-refractivity contribution in [2.45, 2.75) is 52.7 Å². The average Bonchev–Trinajstić information content (AvgIpc) is 3.01. The summed E-state index contributed by atoms with van der Waals surface area (Å²) in [5.74, 6) is -0.532. The van der Waals surface area contributed by atoms with E-state index < -0.39 is 30.0 Å². The summed E-state index contributed by atoms with van der Waals surface area (Å²) in [5, 5.41) is 6.49. The number of nitrogens with one attached hydrogen (secondary N) is 1. The molecule has 1 aliphatic heterocycles. The molecule has 0 aliphatic carbocycles. The van der Waals surface area contributed by atoms with E-state index in [-0.39, 0.29) is 17.9 Å². The molecule has 1 saturated heterocycles. The molecule has 0 unspecified atom stereocenters. The molecule has 0 aromatic carbocycles. The van der Waals surface area contributed by atoms with Gasteiger partial charge in [-0.25, -0.2) is 9.18 Å². The molecule has 0 spiro atoms. The zero-order valence-electron chi connectivity index (χ0n) is 14.3. The monoisotopic (exact) mass is 324 g/mol. The van der Waals surface area contributed by atoms with Crippen LogP contribution in [-0.2, 0) is 14.0 Å². The predicted octanol–water partition coefficient (Wildman–Crippen LogP) is 2.92. The molecular weight excluding hydrogens is 302 g/mol.